The Morgan fingerprint density at radius 2 is 1.96 bits per heavy atom. The summed E-state index contributed by atoms with van der Waals surface area (Å²) >= 11 is 0. The molecule has 1 aliphatic rings. The summed E-state index contributed by atoms with van der Waals surface area (Å²) in [6, 6.07) is 1.40. The lowest BCUT2D eigenvalue weighted by atomic mass is 10.2. The smallest absolute Gasteiger partial charge is 0.255 e. The molecule has 0 aromatic carbocycles. The normalized spacial score (nSPS) is 17.0. The fourth-order valence-corrected chi connectivity index (χ4v) is 2.56. The van der Waals surface area contributed by atoms with Crippen molar-refractivity contribution in [3.8, 4) is 0 Å². The maximum absolute atomic E-state index is 12.4. The van der Waals surface area contributed by atoms with Crippen LogP contribution in [0.25, 0.3) is 0 Å². The maximum atomic E-state index is 12.4. The second kappa shape index (κ2) is 7.79. The summed E-state index contributed by atoms with van der Waals surface area (Å²) in [6.45, 7) is 9.63. The van der Waals surface area contributed by atoms with Crippen LogP contribution in [-0.2, 0) is 11.3 Å². The third kappa shape index (κ3) is 4.46. The molecule has 0 aliphatic carbocycles. The van der Waals surface area contributed by atoms with Gasteiger partial charge in [0, 0.05) is 19.0 Å². The van der Waals surface area contributed by atoms with E-state index < -0.39 is 0 Å². The van der Waals surface area contributed by atoms with Crippen molar-refractivity contribution in [1.82, 2.24) is 20.4 Å². The molecule has 0 bridgehead atoms. The van der Waals surface area contributed by atoms with E-state index in [1.54, 1.807) is 6.07 Å². The van der Waals surface area contributed by atoms with Crippen LogP contribution in [-0.4, -0.2) is 47.3 Å². The zero-order valence-electron chi connectivity index (χ0n) is 14.8. The summed E-state index contributed by atoms with van der Waals surface area (Å²) in [6.07, 6.45) is 1.48. The van der Waals surface area contributed by atoms with Crippen LogP contribution in [0.4, 0.5) is 0 Å². The van der Waals surface area contributed by atoms with Crippen molar-refractivity contribution in [2.75, 3.05) is 26.3 Å². The van der Waals surface area contributed by atoms with Gasteiger partial charge in [0.05, 0.1) is 25.3 Å². The SMILES string of the molecule is CC(C)c1nnc(C(C)NC(=O)c2coc(CN3CCOCC3)c2)o1. The van der Waals surface area contributed by atoms with Crippen molar-refractivity contribution in [2.45, 2.75) is 39.3 Å². The Morgan fingerprint density at radius 3 is 2.64 bits per heavy atom. The molecule has 3 rings (SSSR count). The van der Waals surface area contributed by atoms with Gasteiger partial charge in [-0.2, -0.15) is 0 Å². The van der Waals surface area contributed by atoms with Gasteiger partial charge in [-0.1, -0.05) is 13.8 Å². The minimum Gasteiger partial charge on any atom is -0.467 e. The lowest BCUT2D eigenvalue weighted by Crippen LogP contribution is -2.35. The molecule has 25 heavy (non-hydrogen) atoms. The monoisotopic (exact) mass is 348 g/mol. The first kappa shape index (κ1) is 17.6. The standard InChI is InChI=1S/C17H24N4O4/c1-11(2)16-19-20-17(25-16)12(3)18-15(22)13-8-14(24-10-13)9-21-4-6-23-7-5-21/h8,10-12H,4-7,9H2,1-3H3,(H,18,22). The van der Waals surface area contributed by atoms with Crippen LogP contribution in [0.5, 0.6) is 0 Å². The number of ether oxygens (including phenoxy) is 1. The summed E-state index contributed by atoms with van der Waals surface area (Å²) in [7, 11) is 0. The molecule has 0 saturated carbocycles. The minimum atomic E-state index is -0.370. The highest BCUT2D eigenvalue weighted by Gasteiger charge is 2.20. The molecular formula is C17H24N4O4. The van der Waals surface area contributed by atoms with E-state index in [0.717, 1.165) is 32.1 Å². The Morgan fingerprint density at radius 1 is 1.24 bits per heavy atom. The molecule has 1 atom stereocenters. The molecule has 8 nitrogen and oxygen atoms in total. The predicted octanol–water partition coefficient (Wildman–Crippen LogP) is 2.11. The molecule has 1 aliphatic heterocycles. The Hall–Kier alpha value is -2.19. The number of nitrogens with zero attached hydrogens (tertiary/aromatic N) is 3. The highest BCUT2D eigenvalue weighted by atomic mass is 16.5. The van der Waals surface area contributed by atoms with Crippen molar-refractivity contribution in [1.29, 1.82) is 0 Å². The summed E-state index contributed by atoms with van der Waals surface area (Å²) in [4.78, 5) is 14.6. The third-order valence-corrected chi connectivity index (χ3v) is 4.07. The van der Waals surface area contributed by atoms with Gasteiger partial charge in [0.25, 0.3) is 5.91 Å². The average molecular weight is 348 g/mol. The number of furan rings is 1. The summed E-state index contributed by atoms with van der Waals surface area (Å²) in [5.41, 5.74) is 0.485. The maximum Gasteiger partial charge on any atom is 0.255 e. The van der Waals surface area contributed by atoms with Gasteiger partial charge in [-0.05, 0) is 13.0 Å². The van der Waals surface area contributed by atoms with Gasteiger partial charge < -0.3 is 18.9 Å². The number of carbonyl (C=O) groups is 1. The lowest BCUT2D eigenvalue weighted by Gasteiger charge is -2.25. The summed E-state index contributed by atoms with van der Waals surface area (Å²) in [5, 5.41) is 10.8. The van der Waals surface area contributed by atoms with Crippen molar-refractivity contribution in [2.24, 2.45) is 0 Å². The van der Waals surface area contributed by atoms with E-state index in [9.17, 15) is 4.79 Å². The molecule has 0 spiro atoms. The van der Waals surface area contributed by atoms with Crippen molar-refractivity contribution in [3.63, 3.8) is 0 Å². The third-order valence-electron chi connectivity index (χ3n) is 4.07. The van der Waals surface area contributed by atoms with E-state index in [-0.39, 0.29) is 17.9 Å². The molecule has 0 radical (unpaired) electrons. The largest absolute Gasteiger partial charge is 0.467 e. The predicted molar refractivity (Wildman–Crippen MR) is 89.1 cm³/mol. The van der Waals surface area contributed by atoms with Gasteiger partial charge >= 0.3 is 0 Å². The van der Waals surface area contributed by atoms with E-state index in [2.05, 4.69) is 20.4 Å². The molecule has 8 heteroatoms. The van der Waals surface area contributed by atoms with Gasteiger partial charge in [0.15, 0.2) is 0 Å². The molecule has 136 valence electrons. The number of carbonyl (C=O) groups excluding carboxylic acids is 1. The molecule has 1 unspecified atom stereocenters. The van der Waals surface area contributed by atoms with E-state index in [0.29, 0.717) is 23.9 Å². The first-order valence-electron chi connectivity index (χ1n) is 8.54. The number of rotatable bonds is 6. The highest BCUT2D eigenvalue weighted by Crippen LogP contribution is 2.18. The molecule has 3 heterocycles. The Labute approximate surface area is 146 Å². The van der Waals surface area contributed by atoms with Crippen LogP contribution in [0, 0.1) is 0 Å². The number of morpholine rings is 1. The molecule has 1 fully saturated rings. The van der Waals surface area contributed by atoms with Crippen LogP contribution >= 0.6 is 0 Å². The number of aromatic nitrogens is 2. The average Bonchev–Trinajstić information content (AvgIpc) is 3.25. The minimum absolute atomic E-state index is 0.153. The number of amides is 1. The Bertz CT molecular complexity index is 703. The Kier molecular flexibility index (Phi) is 5.50. The fraction of sp³-hybridized carbons (Fsp3) is 0.588. The molecule has 2 aromatic heterocycles. The lowest BCUT2D eigenvalue weighted by molar-refractivity contribution is 0.0313. The van der Waals surface area contributed by atoms with Gasteiger partial charge in [0.1, 0.15) is 18.1 Å². The zero-order chi connectivity index (χ0) is 17.8. The number of hydrogen-bond donors (Lipinski definition) is 1. The number of nitrogens with one attached hydrogen (secondary N) is 1. The number of hydrogen-bond acceptors (Lipinski definition) is 7. The summed E-state index contributed by atoms with van der Waals surface area (Å²) < 4.78 is 16.4. The van der Waals surface area contributed by atoms with Crippen molar-refractivity contribution < 1.29 is 18.4 Å². The van der Waals surface area contributed by atoms with E-state index in [1.807, 2.05) is 20.8 Å². The fourth-order valence-electron chi connectivity index (χ4n) is 2.56. The Balaban J connectivity index is 1.57. The zero-order valence-corrected chi connectivity index (χ0v) is 14.8. The topological polar surface area (TPSA) is 93.6 Å². The first-order valence-corrected chi connectivity index (χ1v) is 8.54. The van der Waals surface area contributed by atoms with Gasteiger partial charge in [-0.3, -0.25) is 9.69 Å². The van der Waals surface area contributed by atoms with Crippen LogP contribution in [0.15, 0.2) is 21.2 Å². The summed E-state index contributed by atoms with van der Waals surface area (Å²) in [5.74, 6) is 1.65. The van der Waals surface area contributed by atoms with Crippen LogP contribution in [0.2, 0.25) is 0 Å². The van der Waals surface area contributed by atoms with E-state index in [1.165, 1.54) is 6.26 Å². The van der Waals surface area contributed by atoms with Crippen LogP contribution in [0.3, 0.4) is 0 Å². The molecule has 1 amide bonds. The van der Waals surface area contributed by atoms with Gasteiger partial charge in [-0.15, -0.1) is 10.2 Å². The van der Waals surface area contributed by atoms with Gasteiger partial charge in [-0.25, -0.2) is 0 Å². The second-order valence-electron chi connectivity index (χ2n) is 6.52. The van der Waals surface area contributed by atoms with Crippen molar-refractivity contribution in [3.05, 3.63) is 35.4 Å². The van der Waals surface area contributed by atoms with E-state index >= 15 is 0 Å². The van der Waals surface area contributed by atoms with Crippen LogP contribution in [0.1, 0.15) is 60.6 Å². The van der Waals surface area contributed by atoms with Crippen LogP contribution < -0.4 is 5.32 Å². The van der Waals surface area contributed by atoms with Gasteiger partial charge in [0.2, 0.25) is 11.8 Å². The molecular weight excluding hydrogens is 324 g/mol. The first-order chi connectivity index (χ1) is 12.0. The van der Waals surface area contributed by atoms with E-state index in [4.69, 9.17) is 13.6 Å². The van der Waals surface area contributed by atoms with Crippen molar-refractivity contribution >= 4 is 5.91 Å². The molecule has 1 N–H and O–H groups in total. The highest BCUT2D eigenvalue weighted by molar-refractivity contribution is 5.94. The molecule has 2 aromatic rings. The second-order valence-corrected chi connectivity index (χ2v) is 6.52. The molecule has 1 saturated heterocycles. The quantitative estimate of drug-likeness (QED) is 0.854.